The van der Waals surface area contributed by atoms with Crippen LogP contribution in [0.25, 0.3) is 0 Å². The Bertz CT molecular complexity index is 611. The minimum Gasteiger partial charge on any atom is -0.199 e. The maximum atomic E-state index is 11.8. The molecular formula is C12H11NO2S2. The Morgan fingerprint density at radius 3 is 2.47 bits per heavy atom. The smallest absolute Gasteiger partial charge is 0.199 e. The normalized spacial score (nSPS) is 12.1. The fraction of sp³-hybridized carbons (Fsp3) is 0.0833. The van der Waals surface area contributed by atoms with Gasteiger partial charge in [0, 0.05) is 11.8 Å². The van der Waals surface area contributed by atoms with Crippen LogP contribution in [0, 0.1) is 6.92 Å². The van der Waals surface area contributed by atoms with E-state index in [2.05, 4.69) is 4.40 Å². The minimum absolute atomic E-state index is 0.217. The molecule has 0 fully saturated rings. The molecule has 3 nitrogen and oxygen atoms in total. The van der Waals surface area contributed by atoms with E-state index in [9.17, 15) is 8.42 Å². The van der Waals surface area contributed by atoms with Gasteiger partial charge in [0.2, 0.25) is 0 Å². The molecule has 1 aromatic carbocycles. The van der Waals surface area contributed by atoms with E-state index in [0.717, 1.165) is 11.1 Å². The summed E-state index contributed by atoms with van der Waals surface area (Å²) in [4.78, 5) is 0.217. The number of aryl methyl sites for hydroxylation is 1. The highest BCUT2D eigenvalue weighted by Crippen LogP contribution is 2.13. The van der Waals surface area contributed by atoms with Crippen LogP contribution in [0.5, 0.6) is 0 Å². The summed E-state index contributed by atoms with van der Waals surface area (Å²) >= 11 is 1.50. The average Bonchev–Trinajstić information content (AvgIpc) is 2.80. The molecule has 17 heavy (non-hydrogen) atoms. The van der Waals surface area contributed by atoms with Crippen molar-refractivity contribution in [2.75, 3.05) is 0 Å². The fourth-order valence-electron chi connectivity index (χ4n) is 1.25. The predicted molar refractivity (Wildman–Crippen MR) is 70.3 cm³/mol. The van der Waals surface area contributed by atoms with Gasteiger partial charge in [0.25, 0.3) is 10.0 Å². The number of nitrogens with zero attached hydrogens (tertiary/aromatic N) is 1. The molecular weight excluding hydrogens is 254 g/mol. The summed E-state index contributed by atoms with van der Waals surface area (Å²) in [6, 6.07) is 8.46. The van der Waals surface area contributed by atoms with Crippen LogP contribution in [-0.2, 0) is 10.0 Å². The summed E-state index contributed by atoms with van der Waals surface area (Å²) in [5, 5.41) is 3.72. The molecule has 1 aromatic heterocycles. The summed E-state index contributed by atoms with van der Waals surface area (Å²) in [7, 11) is -3.58. The molecule has 0 amide bonds. The molecule has 2 rings (SSSR count). The Labute approximate surface area is 105 Å². The first-order valence-electron chi connectivity index (χ1n) is 4.97. The van der Waals surface area contributed by atoms with E-state index in [1.165, 1.54) is 17.6 Å². The van der Waals surface area contributed by atoms with Gasteiger partial charge in [-0.3, -0.25) is 0 Å². The highest BCUT2D eigenvalue weighted by molar-refractivity contribution is 7.90. The first-order valence-corrected chi connectivity index (χ1v) is 7.35. The number of hydrogen-bond acceptors (Lipinski definition) is 3. The Morgan fingerprint density at radius 1 is 1.18 bits per heavy atom. The van der Waals surface area contributed by atoms with Gasteiger partial charge in [-0.1, -0.05) is 17.7 Å². The van der Waals surface area contributed by atoms with Crippen LogP contribution in [0.2, 0.25) is 0 Å². The monoisotopic (exact) mass is 265 g/mol. The molecule has 88 valence electrons. The van der Waals surface area contributed by atoms with Gasteiger partial charge in [-0.05, 0) is 35.9 Å². The lowest BCUT2D eigenvalue weighted by atomic mass is 10.2. The van der Waals surface area contributed by atoms with Crippen LogP contribution >= 0.6 is 11.3 Å². The van der Waals surface area contributed by atoms with Gasteiger partial charge in [-0.25, -0.2) is 0 Å². The van der Waals surface area contributed by atoms with Gasteiger partial charge < -0.3 is 0 Å². The molecule has 0 saturated heterocycles. The molecule has 0 radical (unpaired) electrons. The zero-order valence-electron chi connectivity index (χ0n) is 9.20. The van der Waals surface area contributed by atoms with E-state index in [1.807, 2.05) is 23.8 Å². The Kier molecular flexibility index (Phi) is 3.40. The van der Waals surface area contributed by atoms with E-state index < -0.39 is 10.0 Å². The summed E-state index contributed by atoms with van der Waals surface area (Å²) < 4.78 is 27.3. The number of sulfonamides is 1. The van der Waals surface area contributed by atoms with Crippen molar-refractivity contribution < 1.29 is 8.42 Å². The van der Waals surface area contributed by atoms with Gasteiger partial charge in [0.05, 0.1) is 4.90 Å². The van der Waals surface area contributed by atoms with Crippen LogP contribution < -0.4 is 0 Å². The van der Waals surface area contributed by atoms with E-state index >= 15 is 0 Å². The average molecular weight is 265 g/mol. The molecule has 0 unspecified atom stereocenters. The predicted octanol–water partition coefficient (Wildman–Crippen LogP) is 2.86. The lowest BCUT2D eigenvalue weighted by Crippen LogP contribution is -1.97. The summed E-state index contributed by atoms with van der Waals surface area (Å²) in [5.74, 6) is 0. The Balaban J connectivity index is 2.28. The number of hydrogen-bond donors (Lipinski definition) is 0. The lowest BCUT2D eigenvalue weighted by Gasteiger charge is -1.98. The van der Waals surface area contributed by atoms with Crippen LogP contribution in [-0.4, -0.2) is 14.6 Å². The van der Waals surface area contributed by atoms with Gasteiger partial charge in [0.15, 0.2) is 0 Å². The zero-order valence-corrected chi connectivity index (χ0v) is 10.8. The van der Waals surface area contributed by atoms with Crippen molar-refractivity contribution in [2.24, 2.45) is 4.40 Å². The third-order valence-electron chi connectivity index (χ3n) is 2.20. The Morgan fingerprint density at radius 2 is 1.88 bits per heavy atom. The number of thiophene rings is 1. The van der Waals surface area contributed by atoms with Crippen molar-refractivity contribution in [3.05, 3.63) is 52.2 Å². The molecule has 1 heterocycles. The third kappa shape index (κ3) is 3.01. The molecule has 0 bridgehead atoms. The quantitative estimate of drug-likeness (QED) is 0.801. The topological polar surface area (TPSA) is 46.5 Å². The fourth-order valence-corrected chi connectivity index (χ4v) is 2.72. The van der Waals surface area contributed by atoms with E-state index in [0.29, 0.717) is 0 Å². The van der Waals surface area contributed by atoms with Gasteiger partial charge in [-0.2, -0.15) is 24.2 Å². The molecule has 0 aliphatic heterocycles. The van der Waals surface area contributed by atoms with Gasteiger partial charge >= 0.3 is 0 Å². The summed E-state index contributed by atoms with van der Waals surface area (Å²) in [5.41, 5.74) is 1.82. The van der Waals surface area contributed by atoms with Crippen LogP contribution in [0.4, 0.5) is 0 Å². The van der Waals surface area contributed by atoms with E-state index in [4.69, 9.17) is 0 Å². The van der Waals surface area contributed by atoms with Gasteiger partial charge in [0.1, 0.15) is 0 Å². The highest BCUT2D eigenvalue weighted by atomic mass is 32.2. The molecule has 0 atom stereocenters. The van der Waals surface area contributed by atoms with Crippen molar-refractivity contribution in [2.45, 2.75) is 11.8 Å². The second-order valence-corrected chi connectivity index (χ2v) is 5.99. The number of rotatable bonds is 3. The van der Waals surface area contributed by atoms with Crippen LogP contribution in [0.3, 0.4) is 0 Å². The van der Waals surface area contributed by atoms with Gasteiger partial charge in [-0.15, -0.1) is 0 Å². The maximum Gasteiger partial charge on any atom is 0.282 e. The molecule has 0 N–H and O–H groups in total. The van der Waals surface area contributed by atoms with E-state index in [1.54, 1.807) is 24.3 Å². The van der Waals surface area contributed by atoms with E-state index in [-0.39, 0.29) is 4.90 Å². The minimum atomic E-state index is -3.58. The molecule has 0 spiro atoms. The second-order valence-electron chi connectivity index (χ2n) is 3.58. The molecule has 2 aromatic rings. The summed E-state index contributed by atoms with van der Waals surface area (Å²) in [6.45, 7) is 1.91. The SMILES string of the molecule is Cc1ccc(S(=O)(=O)/N=C/c2ccsc2)cc1. The van der Waals surface area contributed by atoms with Crippen molar-refractivity contribution in [3.8, 4) is 0 Å². The maximum absolute atomic E-state index is 11.8. The molecule has 0 saturated carbocycles. The third-order valence-corrected chi connectivity index (χ3v) is 4.15. The number of benzene rings is 1. The first-order chi connectivity index (χ1) is 8.08. The van der Waals surface area contributed by atoms with Crippen molar-refractivity contribution >= 4 is 27.6 Å². The second kappa shape index (κ2) is 4.81. The lowest BCUT2D eigenvalue weighted by molar-refractivity contribution is 0.598. The van der Waals surface area contributed by atoms with Crippen molar-refractivity contribution in [1.29, 1.82) is 0 Å². The summed E-state index contributed by atoms with van der Waals surface area (Å²) in [6.07, 6.45) is 1.37. The standard InChI is InChI=1S/C12H11NO2S2/c1-10-2-4-12(5-3-10)17(14,15)13-8-11-6-7-16-9-11/h2-9H,1H3/b13-8+. The zero-order chi connectivity index (χ0) is 12.3. The Hall–Kier alpha value is -1.46. The first kappa shape index (κ1) is 12.0. The van der Waals surface area contributed by atoms with Crippen LogP contribution in [0.1, 0.15) is 11.1 Å². The van der Waals surface area contributed by atoms with Crippen LogP contribution in [0.15, 0.2) is 50.4 Å². The van der Waals surface area contributed by atoms with Crippen molar-refractivity contribution in [3.63, 3.8) is 0 Å². The van der Waals surface area contributed by atoms with Crippen molar-refractivity contribution in [1.82, 2.24) is 0 Å². The molecule has 5 heteroatoms. The molecule has 0 aliphatic rings. The molecule has 0 aliphatic carbocycles. The largest absolute Gasteiger partial charge is 0.282 e. The highest BCUT2D eigenvalue weighted by Gasteiger charge is 2.10.